The third-order valence-corrected chi connectivity index (χ3v) is 3.34. The van der Waals surface area contributed by atoms with Gasteiger partial charge in [-0.15, -0.1) is 12.4 Å². The van der Waals surface area contributed by atoms with Crippen LogP contribution >= 0.6 is 12.4 Å². The Balaban J connectivity index is 0.00000200. The summed E-state index contributed by atoms with van der Waals surface area (Å²) in [6.45, 7) is 1.51. The first-order valence-corrected chi connectivity index (χ1v) is 5.97. The minimum atomic E-state index is -0.540. The van der Waals surface area contributed by atoms with Crippen LogP contribution in [0.4, 0.5) is 5.82 Å². The number of carbonyl (C=O) groups excluding carboxylic acids is 1. The van der Waals surface area contributed by atoms with E-state index in [1.54, 1.807) is 0 Å². The van der Waals surface area contributed by atoms with Crippen LogP contribution in [0.1, 0.15) is 10.5 Å². The lowest BCUT2D eigenvalue weighted by Crippen LogP contribution is -2.35. The molecule has 0 aliphatic carbocycles. The van der Waals surface area contributed by atoms with E-state index in [4.69, 9.17) is 0 Å². The number of aliphatic hydroxyl groups is 1. The minimum absolute atomic E-state index is 0. The van der Waals surface area contributed by atoms with Gasteiger partial charge < -0.3 is 25.9 Å². The highest BCUT2D eigenvalue weighted by atomic mass is 35.5. The maximum atomic E-state index is 11.9. The summed E-state index contributed by atoms with van der Waals surface area (Å²) in [5.74, 6) is -0.540. The van der Waals surface area contributed by atoms with Crippen molar-refractivity contribution in [3.8, 4) is 0 Å². The quantitative estimate of drug-likeness (QED) is 0.521. The fourth-order valence-corrected chi connectivity index (χ4v) is 2.15. The average molecular weight is 305 g/mol. The van der Waals surface area contributed by atoms with Crippen LogP contribution in [0, 0.1) is 16.0 Å². The second kappa shape index (κ2) is 6.69. The van der Waals surface area contributed by atoms with Crippen molar-refractivity contribution in [2.75, 3.05) is 19.6 Å². The standard InChI is InChI=1S/C11H16N4O4.ClH/c1-14-8(2-3-10(14)15(18)19)11(17)13-5-7-4-12-6-9(7)16;/h2-3,7,9,12,16H,4-6H2,1H3,(H,13,17);1H. The summed E-state index contributed by atoms with van der Waals surface area (Å²) in [6, 6.07) is 2.71. The molecule has 0 bridgehead atoms. The van der Waals surface area contributed by atoms with Gasteiger partial charge in [0.15, 0.2) is 5.69 Å². The van der Waals surface area contributed by atoms with Gasteiger partial charge in [-0.1, -0.05) is 0 Å². The van der Waals surface area contributed by atoms with Crippen LogP contribution in [-0.2, 0) is 7.05 Å². The van der Waals surface area contributed by atoms with Gasteiger partial charge in [-0.2, -0.15) is 0 Å². The van der Waals surface area contributed by atoms with Gasteiger partial charge in [-0.05, 0) is 11.0 Å². The predicted molar refractivity (Wildman–Crippen MR) is 74.0 cm³/mol. The van der Waals surface area contributed by atoms with E-state index in [0.717, 1.165) is 0 Å². The average Bonchev–Trinajstić information content (AvgIpc) is 2.92. The number of β-amino-alcohol motifs (C(OH)–C–C–N with tert-alkyl or cyclic N) is 1. The second-order valence-corrected chi connectivity index (χ2v) is 4.59. The molecule has 1 aromatic rings. The van der Waals surface area contributed by atoms with Crippen molar-refractivity contribution in [3.05, 3.63) is 27.9 Å². The topological polar surface area (TPSA) is 109 Å². The van der Waals surface area contributed by atoms with Gasteiger partial charge in [0, 0.05) is 31.6 Å². The molecule has 20 heavy (non-hydrogen) atoms. The fourth-order valence-electron chi connectivity index (χ4n) is 2.15. The molecule has 0 aromatic carbocycles. The van der Waals surface area contributed by atoms with E-state index in [1.165, 1.54) is 23.7 Å². The van der Waals surface area contributed by atoms with Crippen LogP contribution < -0.4 is 10.6 Å². The zero-order valence-corrected chi connectivity index (χ0v) is 11.7. The lowest BCUT2D eigenvalue weighted by molar-refractivity contribution is -0.391. The number of amides is 1. The molecule has 1 aromatic heterocycles. The second-order valence-electron chi connectivity index (χ2n) is 4.59. The molecule has 1 aliphatic rings. The number of nitrogens with one attached hydrogen (secondary N) is 2. The number of hydrogen-bond acceptors (Lipinski definition) is 5. The monoisotopic (exact) mass is 304 g/mol. The van der Waals surface area contributed by atoms with E-state index in [-0.39, 0.29) is 35.7 Å². The first-order chi connectivity index (χ1) is 9.00. The lowest BCUT2D eigenvalue weighted by atomic mass is 10.1. The summed E-state index contributed by atoms with van der Waals surface area (Å²) in [7, 11) is 1.47. The van der Waals surface area contributed by atoms with Crippen LogP contribution in [0.2, 0.25) is 0 Å². The summed E-state index contributed by atoms with van der Waals surface area (Å²) in [4.78, 5) is 22.0. The fraction of sp³-hybridized carbons (Fsp3) is 0.545. The van der Waals surface area contributed by atoms with E-state index >= 15 is 0 Å². The third kappa shape index (κ3) is 3.27. The SMILES string of the molecule is Cl.Cn1c(C(=O)NCC2CNCC2O)ccc1[N+](=O)[O-]. The molecule has 112 valence electrons. The molecular formula is C11H17ClN4O4. The van der Waals surface area contributed by atoms with Crippen molar-refractivity contribution in [3.63, 3.8) is 0 Å². The van der Waals surface area contributed by atoms with E-state index in [0.29, 0.717) is 19.6 Å². The Morgan fingerprint density at radius 3 is 2.80 bits per heavy atom. The number of rotatable bonds is 4. The van der Waals surface area contributed by atoms with Crippen LogP contribution in [0.15, 0.2) is 12.1 Å². The highest BCUT2D eigenvalue weighted by Crippen LogP contribution is 2.15. The van der Waals surface area contributed by atoms with E-state index in [9.17, 15) is 20.0 Å². The first-order valence-electron chi connectivity index (χ1n) is 5.97. The van der Waals surface area contributed by atoms with Crippen LogP contribution in [0.25, 0.3) is 0 Å². The van der Waals surface area contributed by atoms with Gasteiger partial charge in [0.1, 0.15) is 0 Å². The molecule has 0 saturated carbocycles. The largest absolute Gasteiger partial charge is 0.391 e. The molecule has 1 fully saturated rings. The number of nitrogens with zero attached hydrogens (tertiary/aromatic N) is 2. The Morgan fingerprint density at radius 2 is 2.30 bits per heavy atom. The molecule has 0 radical (unpaired) electrons. The zero-order valence-electron chi connectivity index (χ0n) is 10.9. The summed E-state index contributed by atoms with van der Waals surface area (Å²) in [5.41, 5.74) is 0.229. The number of hydrogen-bond donors (Lipinski definition) is 3. The van der Waals surface area contributed by atoms with E-state index < -0.39 is 11.0 Å². The van der Waals surface area contributed by atoms with Gasteiger partial charge in [0.25, 0.3) is 5.91 Å². The summed E-state index contributed by atoms with van der Waals surface area (Å²) in [5, 5.41) is 26.0. The molecular weight excluding hydrogens is 288 g/mol. The molecule has 2 heterocycles. The maximum absolute atomic E-state index is 11.9. The van der Waals surface area contributed by atoms with Crippen LogP contribution in [0.5, 0.6) is 0 Å². The lowest BCUT2D eigenvalue weighted by Gasteiger charge is -2.13. The third-order valence-electron chi connectivity index (χ3n) is 3.34. The Hall–Kier alpha value is -1.64. The molecule has 2 unspecified atom stereocenters. The Kier molecular flexibility index (Phi) is 5.49. The number of aliphatic hydroxyl groups excluding tert-OH is 1. The molecule has 0 spiro atoms. The number of halogens is 1. The molecule has 1 aliphatic heterocycles. The summed E-state index contributed by atoms with van der Waals surface area (Å²) >= 11 is 0. The smallest absolute Gasteiger partial charge is 0.323 e. The molecule has 8 nitrogen and oxygen atoms in total. The Labute approximate surface area is 121 Å². The predicted octanol–water partition coefficient (Wildman–Crippen LogP) is -0.335. The van der Waals surface area contributed by atoms with Crippen molar-refractivity contribution in [2.45, 2.75) is 6.10 Å². The molecule has 2 rings (SSSR count). The minimum Gasteiger partial charge on any atom is -0.391 e. The van der Waals surface area contributed by atoms with Gasteiger partial charge >= 0.3 is 5.82 Å². The Morgan fingerprint density at radius 1 is 1.60 bits per heavy atom. The number of nitro groups is 1. The molecule has 1 saturated heterocycles. The van der Waals surface area contributed by atoms with Crippen molar-refractivity contribution < 1.29 is 14.8 Å². The zero-order chi connectivity index (χ0) is 14.0. The van der Waals surface area contributed by atoms with Gasteiger partial charge in [-0.3, -0.25) is 4.79 Å². The first kappa shape index (κ1) is 16.4. The number of aromatic nitrogens is 1. The van der Waals surface area contributed by atoms with Gasteiger partial charge in [-0.25, -0.2) is 4.57 Å². The Bertz CT molecular complexity index is 505. The van der Waals surface area contributed by atoms with Crippen molar-refractivity contribution >= 4 is 24.1 Å². The number of carbonyl (C=O) groups is 1. The van der Waals surface area contributed by atoms with Crippen LogP contribution in [0.3, 0.4) is 0 Å². The molecule has 9 heteroatoms. The van der Waals surface area contributed by atoms with Crippen molar-refractivity contribution in [2.24, 2.45) is 13.0 Å². The molecule has 3 N–H and O–H groups in total. The van der Waals surface area contributed by atoms with Gasteiger partial charge in [0.2, 0.25) is 0 Å². The highest BCUT2D eigenvalue weighted by Gasteiger charge is 2.26. The van der Waals surface area contributed by atoms with E-state index in [1.807, 2.05) is 0 Å². The highest BCUT2D eigenvalue weighted by molar-refractivity contribution is 5.93. The van der Waals surface area contributed by atoms with Crippen molar-refractivity contribution in [1.29, 1.82) is 0 Å². The summed E-state index contributed by atoms with van der Waals surface area (Å²) in [6.07, 6.45) is -0.469. The normalized spacial score (nSPS) is 21.3. The van der Waals surface area contributed by atoms with Crippen LogP contribution in [-0.4, -0.2) is 46.2 Å². The van der Waals surface area contributed by atoms with Gasteiger partial charge in [0.05, 0.1) is 13.2 Å². The summed E-state index contributed by atoms with van der Waals surface area (Å²) < 4.78 is 1.23. The van der Waals surface area contributed by atoms with Crippen molar-refractivity contribution in [1.82, 2.24) is 15.2 Å². The maximum Gasteiger partial charge on any atom is 0.323 e. The molecule has 2 atom stereocenters. The molecule has 1 amide bonds. The van der Waals surface area contributed by atoms with E-state index in [2.05, 4.69) is 10.6 Å².